The van der Waals surface area contributed by atoms with Gasteiger partial charge in [0.1, 0.15) is 0 Å². The van der Waals surface area contributed by atoms with E-state index in [0.29, 0.717) is 5.02 Å². The molecule has 0 aliphatic carbocycles. The number of carbonyl (C=O) groups excluding carboxylic acids is 1. The third-order valence-electron chi connectivity index (χ3n) is 3.74. The molecule has 1 aliphatic heterocycles. The zero-order valence-corrected chi connectivity index (χ0v) is 13.6. The number of ether oxygens (including phenoxy) is 1. The number of benzene rings is 1. The smallest absolute Gasteiger partial charge is 0.315 e. The lowest BCUT2D eigenvalue weighted by Gasteiger charge is -2.32. The molecule has 0 radical (unpaired) electrons. The van der Waals surface area contributed by atoms with Crippen molar-refractivity contribution in [3.05, 3.63) is 34.9 Å². The lowest BCUT2D eigenvalue weighted by Crippen LogP contribution is -2.48. The van der Waals surface area contributed by atoms with Crippen LogP contribution in [-0.2, 0) is 4.74 Å². The van der Waals surface area contributed by atoms with Gasteiger partial charge in [-0.1, -0.05) is 23.7 Å². The van der Waals surface area contributed by atoms with Crippen LogP contribution < -0.4 is 10.6 Å². The highest BCUT2D eigenvalue weighted by Crippen LogP contribution is 2.19. The minimum atomic E-state index is -0.754. The minimum absolute atomic E-state index is 0.103. The van der Waals surface area contributed by atoms with Crippen LogP contribution in [0.5, 0.6) is 0 Å². The Morgan fingerprint density at radius 3 is 2.50 bits per heavy atom. The zero-order chi connectivity index (χ0) is 16.1. The molecule has 3 N–H and O–H groups in total. The summed E-state index contributed by atoms with van der Waals surface area (Å²) in [6.45, 7) is 4.17. The van der Waals surface area contributed by atoms with Gasteiger partial charge < -0.3 is 20.5 Å². The molecule has 3 atom stereocenters. The van der Waals surface area contributed by atoms with Crippen LogP contribution in [0.1, 0.15) is 38.4 Å². The number of hydrogen-bond donors (Lipinski definition) is 3. The van der Waals surface area contributed by atoms with E-state index in [0.717, 1.165) is 18.4 Å². The number of carbonyl (C=O) groups is 1. The fourth-order valence-corrected chi connectivity index (χ4v) is 2.88. The Labute approximate surface area is 136 Å². The van der Waals surface area contributed by atoms with Crippen LogP contribution in [0.4, 0.5) is 4.79 Å². The Bertz CT molecular complexity index is 485. The average Bonchev–Trinajstić information content (AvgIpc) is 2.44. The van der Waals surface area contributed by atoms with E-state index in [4.69, 9.17) is 16.3 Å². The van der Waals surface area contributed by atoms with Crippen molar-refractivity contribution in [1.29, 1.82) is 0 Å². The highest BCUT2D eigenvalue weighted by atomic mass is 35.5. The van der Waals surface area contributed by atoms with E-state index in [2.05, 4.69) is 10.6 Å². The van der Waals surface area contributed by atoms with Crippen LogP contribution >= 0.6 is 11.6 Å². The summed E-state index contributed by atoms with van der Waals surface area (Å²) in [5.74, 6) is 0. The molecule has 122 valence electrons. The molecule has 3 unspecified atom stereocenters. The van der Waals surface area contributed by atoms with Gasteiger partial charge in [0.2, 0.25) is 0 Å². The SMILES string of the molecule is CC1CC(NC(=O)NCC(O)c2ccc(Cl)cc2)CC(C)O1. The molecule has 0 aromatic heterocycles. The maximum absolute atomic E-state index is 11.9. The Kier molecular flexibility index (Phi) is 6.06. The molecule has 1 aromatic carbocycles. The largest absolute Gasteiger partial charge is 0.387 e. The van der Waals surface area contributed by atoms with Gasteiger partial charge in [-0.05, 0) is 44.4 Å². The molecule has 1 aromatic rings. The standard InChI is InChI=1S/C16H23ClN2O3/c1-10-7-14(8-11(2)22-10)19-16(21)18-9-15(20)12-3-5-13(17)6-4-12/h3-6,10-11,14-15,20H,7-9H2,1-2H3,(H2,18,19,21). The molecule has 6 heteroatoms. The van der Waals surface area contributed by atoms with Gasteiger partial charge in [-0.2, -0.15) is 0 Å². The predicted octanol–water partition coefficient (Wildman–Crippen LogP) is 2.63. The summed E-state index contributed by atoms with van der Waals surface area (Å²) >= 11 is 5.80. The van der Waals surface area contributed by atoms with E-state index < -0.39 is 6.10 Å². The third kappa shape index (κ3) is 5.16. The Morgan fingerprint density at radius 2 is 1.91 bits per heavy atom. The van der Waals surface area contributed by atoms with Crippen LogP contribution in [-0.4, -0.2) is 35.9 Å². The average molecular weight is 327 g/mol. The first-order chi connectivity index (χ1) is 10.4. The number of hydrogen-bond acceptors (Lipinski definition) is 3. The molecule has 2 amide bonds. The molecule has 0 bridgehead atoms. The second-order valence-corrected chi connectivity index (χ2v) is 6.28. The molecule has 22 heavy (non-hydrogen) atoms. The molecular formula is C16H23ClN2O3. The number of halogens is 1. The Hall–Kier alpha value is -1.30. The van der Waals surface area contributed by atoms with Crippen LogP contribution in [0.15, 0.2) is 24.3 Å². The van der Waals surface area contributed by atoms with Crippen LogP contribution in [0, 0.1) is 0 Å². The van der Waals surface area contributed by atoms with Crippen molar-refractivity contribution in [2.24, 2.45) is 0 Å². The lowest BCUT2D eigenvalue weighted by molar-refractivity contribution is -0.0402. The van der Waals surface area contributed by atoms with E-state index in [1.807, 2.05) is 13.8 Å². The molecular weight excluding hydrogens is 304 g/mol. The zero-order valence-electron chi connectivity index (χ0n) is 12.9. The molecule has 1 fully saturated rings. The third-order valence-corrected chi connectivity index (χ3v) is 4.00. The summed E-state index contributed by atoms with van der Waals surface area (Å²) in [4.78, 5) is 11.9. The van der Waals surface area contributed by atoms with Gasteiger partial charge in [-0.3, -0.25) is 0 Å². The van der Waals surface area contributed by atoms with Gasteiger partial charge in [0.25, 0.3) is 0 Å². The van der Waals surface area contributed by atoms with Crippen molar-refractivity contribution in [1.82, 2.24) is 10.6 Å². The molecule has 1 saturated heterocycles. The topological polar surface area (TPSA) is 70.6 Å². The number of amides is 2. The van der Waals surface area contributed by atoms with Crippen molar-refractivity contribution >= 4 is 17.6 Å². The van der Waals surface area contributed by atoms with Gasteiger partial charge >= 0.3 is 6.03 Å². The predicted molar refractivity (Wildman–Crippen MR) is 86.0 cm³/mol. The van der Waals surface area contributed by atoms with Crippen LogP contribution in [0.3, 0.4) is 0 Å². The molecule has 0 spiro atoms. The summed E-state index contributed by atoms with van der Waals surface area (Å²) in [7, 11) is 0. The van der Waals surface area contributed by atoms with Crippen molar-refractivity contribution in [3.8, 4) is 0 Å². The fourth-order valence-electron chi connectivity index (χ4n) is 2.75. The molecule has 2 rings (SSSR count). The number of urea groups is 1. The Morgan fingerprint density at radius 1 is 1.32 bits per heavy atom. The summed E-state index contributed by atoms with van der Waals surface area (Å²) in [6.07, 6.45) is 1.15. The minimum Gasteiger partial charge on any atom is -0.387 e. The second kappa shape index (κ2) is 7.81. The number of aliphatic hydroxyl groups excluding tert-OH is 1. The lowest BCUT2D eigenvalue weighted by atomic mass is 10.0. The normalized spacial score (nSPS) is 26.3. The van der Waals surface area contributed by atoms with Gasteiger partial charge in [-0.15, -0.1) is 0 Å². The fraction of sp³-hybridized carbons (Fsp3) is 0.562. The number of nitrogens with one attached hydrogen (secondary N) is 2. The highest BCUT2D eigenvalue weighted by Gasteiger charge is 2.25. The quantitative estimate of drug-likeness (QED) is 0.796. The Balaban J connectivity index is 1.76. The van der Waals surface area contributed by atoms with Crippen LogP contribution in [0.25, 0.3) is 0 Å². The molecule has 0 saturated carbocycles. The number of aliphatic hydroxyl groups is 1. The second-order valence-electron chi connectivity index (χ2n) is 5.85. The first-order valence-electron chi connectivity index (χ1n) is 7.57. The van der Waals surface area contributed by atoms with E-state index in [1.54, 1.807) is 24.3 Å². The van der Waals surface area contributed by atoms with Crippen molar-refractivity contribution in [3.63, 3.8) is 0 Å². The first kappa shape index (κ1) is 17.1. The van der Waals surface area contributed by atoms with Crippen molar-refractivity contribution in [2.75, 3.05) is 6.54 Å². The summed E-state index contributed by atoms with van der Waals surface area (Å²) in [6, 6.07) is 6.75. The molecule has 1 aliphatic rings. The van der Waals surface area contributed by atoms with Gasteiger partial charge in [0, 0.05) is 17.6 Å². The van der Waals surface area contributed by atoms with E-state index >= 15 is 0 Å². The van der Waals surface area contributed by atoms with E-state index in [1.165, 1.54) is 0 Å². The maximum Gasteiger partial charge on any atom is 0.315 e. The highest BCUT2D eigenvalue weighted by molar-refractivity contribution is 6.30. The molecule has 5 nitrogen and oxygen atoms in total. The monoisotopic (exact) mass is 326 g/mol. The van der Waals surface area contributed by atoms with Crippen molar-refractivity contribution < 1.29 is 14.6 Å². The van der Waals surface area contributed by atoms with Gasteiger partial charge in [0.05, 0.1) is 18.3 Å². The van der Waals surface area contributed by atoms with Gasteiger partial charge in [-0.25, -0.2) is 4.79 Å². The van der Waals surface area contributed by atoms with E-state index in [9.17, 15) is 9.90 Å². The maximum atomic E-state index is 11.9. The van der Waals surface area contributed by atoms with E-state index in [-0.39, 0.29) is 30.8 Å². The molecule has 1 heterocycles. The van der Waals surface area contributed by atoms with Crippen molar-refractivity contribution in [2.45, 2.75) is 51.0 Å². The first-order valence-corrected chi connectivity index (χ1v) is 7.95. The summed E-state index contributed by atoms with van der Waals surface area (Å²) in [5.41, 5.74) is 0.720. The van der Waals surface area contributed by atoms with Gasteiger partial charge in [0.15, 0.2) is 0 Å². The summed E-state index contributed by atoms with van der Waals surface area (Å²) < 4.78 is 5.64. The van der Waals surface area contributed by atoms with Crippen LogP contribution in [0.2, 0.25) is 5.02 Å². The number of rotatable bonds is 4. The summed E-state index contributed by atoms with van der Waals surface area (Å²) in [5, 5.41) is 16.3.